The standard InChI is InChI=1S/C17H15BrN4O/c1-12-5-7-13(8-6-12)10-19-17(23)16-11-22(21-20-16)15-4-2-3-14(18)9-15/h2-9,11H,10H2,1H3,(H,19,23). The van der Waals surface area contributed by atoms with Crippen molar-refractivity contribution in [3.8, 4) is 5.69 Å². The van der Waals surface area contributed by atoms with Crippen LogP contribution in [-0.4, -0.2) is 20.9 Å². The average Bonchev–Trinajstić information content (AvgIpc) is 3.04. The number of carbonyl (C=O) groups is 1. The summed E-state index contributed by atoms with van der Waals surface area (Å²) in [7, 11) is 0. The fourth-order valence-corrected chi connectivity index (χ4v) is 2.48. The summed E-state index contributed by atoms with van der Waals surface area (Å²) in [5.41, 5.74) is 3.36. The Labute approximate surface area is 142 Å². The lowest BCUT2D eigenvalue weighted by molar-refractivity contribution is 0.0946. The van der Waals surface area contributed by atoms with E-state index in [1.165, 1.54) is 5.56 Å². The molecule has 116 valence electrons. The molecule has 0 aliphatic heterocycles. The Morgan fingerprint density at radius 2 is 2.00 bits per heavy atom. The van der Waals surface area contributed by atoms with Crippen molar-refractivity contribution in [1.29, 1.82) is 0 Å². The zero-order valence-electron chi connectivity index (χ0n) is 12.5. The Bertz CT molecular complexity index is 827. The van der Waals surface area contributed by atoms with E-state index in [2.05, 4.69) is 31.6 Å². The van der Waals surface area contributed by atoms with Gasteiger partial charge in [0.25, 0.3) is 5.91 Å². The zero-order chi connectivity index (χ0) is 16.2. The van der Waals surface area contributed by atoms with E-state index in [1.807, 2.05) is 55.5 Å². The molecule has 0 saturated heterocycles. The van der Waals surface area contributed by atoms with Crippen molar-refractivity contribution in [2.75, 3.05) is 0 Å². The molecule has 5 nitrogen and oxygen atoms in total. The summed E-state index contributed by atoms with van der Waals surface area (Å²) in [5.74, 6) is -0.244. The molecule has 0 unspecified atom stereocenters. The lowest BCUT2D eigenvalue weighted by Crippen LogP contribution is -2.23. The minimum atomic E-state index is -0.244. The van der Waals surface area contributed by atoms with Gasteiger partial charge in [-0.25, -0.2) is 4.68 Å². The summed E-state index contributed by atoms with van der Waals surface area (Å²) in [6, 6.07) is 15.7. The first kappa shape index (κ1) is 15.4. The van der Waals surface area contributed by atoms with E-state index in [4.69, 9.17) is 0 Å². The Hall–Kier alpha value is -2.47. The smallest absolute Gasteiger partial charge is 0.273 e. The number of nitrogens with one attached hydrogen (secondary N) is 1. The van der Waals surface area contributed by atoms with Crippen LogP contribution in [-0.2, 0) is 6.54 Å². The van der Waals surface area contributed by atoms with E-state index >= 15 is 0 Å². The Morgan fingerprint density at radius 1 is 1.22 bits per heavy atom. The molecule has 6 heteroatoms. The summed E-state index contributed by atoms with van der Waals surface area (Å²) in [4.78, 5) is 12.2. The molecule has 1 amide bonds. The number of amides is 1. The van der Waals surface area contributed by atoms with Crippen LogP contribution in [0.2, 0.25) is 0 Å². The van der Waals surface area contributed by atoms with Crippen molar-refractivity contribution in [3.05, 3.63) is 76.0 Å². The maximum atomic E-state index is 12.2. The second-order valence-corrected chi connectivity index (χ2v) is 6.11. The van der Waals surface area contributed by atoms with E-state index in [9.17, 15) is 4.79 Å². The van der Waals surface area contributed by atoms with Crippen LogP contribution in [0, 0.1) is 6.92 Å². The van der Waals surface area contributed by atoms with Crippen molar-refractivity contribution in [2.24, 2.45) is 0 Å². The molecular formula is C17H15BrN4O. The number of hydrogen-bond donors (Lipinski definition) is 1. The number of benzene rings is 2. The average molecular weight is 371 g/mol. The van der Waals surface area contributed by atoms with Gasteiger partial charge < -0.3 is 5.32 Å². The number of rotatable bonds is 4. The summed E-state index contributed by atoms with van der Waals surface area (Å²) in [6.45, 7) is 2.49. The monoisotopic (exact) mass is 370 g/mol. The van der Waals surface area contributed by atoms with Gasteiger partial charge >= 0.3 is 0 Å². The van der Waals surface area contributed by atoms with Gasteiger partial charge in [0.2, 0.25) is 0 Å². The Morgan fingerprint density at radius 3 is 2.74 bits per heavy atom. The summed E-state index contributed by atoms with van der Waals surface area (Å²) in [6.07, 6.45) is 1.62. The van der Waals surface area contributed by atoms with Crippen molar-refractivity contribution in [1.82, 2.24) is 20.3 Å². The first-order chi connectivity index (χ1) is 11.1. The highest BCUT2D eigenvalue weighted by Gasteiger charge is 2.11. The Kier molecular flexibility index (Phi) is 4.52. The molecule has 1 N–H and O–H groups in total. The molecule has 3 rings (SSSR count). The van der Waals surface area contributed by atoms with E-state index in [0.717, 1.165) is 15.7 Å². The topological polar surface area (TPSA) is 59.8 Å². The second kappa shape index (κ2) is 6.75. The van der Waals surface area contributed by atoms with Crippen LogP contribution in [0.3, 0.4) is 0 Å². The normalized spacial score (nSPS) is 10.5. The summed E-state index contributed by atoms with van der Waals surface area (Å²) < 4.78 is 2.52. The fraction of sp³-hybridized carbons (Fsp3) is 0.118. The van der Waals surface area contributed by atoms with Crippen molar-refractivity contribution >= 4 is 21.8 Å². The molecule has 0 spiro atoms. The van der Waals surface area contributed by atoms with E-state index in [0.29, 0.717) is 6.54 Å². The molecule has 2 aromatic carbocycles. The molecule has 1 heterocycles. The van der Waals surface area contributed by atoms with Gasteiger partial charge in [0, 0.05) is 11.0 Å². The number of aromatic nitrogens is 3. The third-order valence-electron chi connectivity index (χ3n) is 3.37. The van der Waals surface area contributed by atoms with Crippen LogP contribution in [0.1, 0.15) is 21.6 Å². The molecular weight excluding hydrogens is 356 g/mol. The summed E-state index contributed by atoms with van der Waals surface area (Å²) >= 11 is 3.41. The van der Waals surface area contributed by atoms with Gasteiger partial charge in [-0.05, 0) is 30.7 Å². The van der Waals surface area contributed by atoms with Crippen LogP contribution in [0.4, 0.5) is 0 Å². The van der Waals surface area contributed by atoms with Crippen LogP contribution >= 0.6 is 15.9 Å². The molecule has 0 aliphatic rings. The van der Waals surface area contributed by atoms with Gasteiger partial charge in [-0.3, -0.25) is 4.79 Å². The molecule has 3 aromatic rings. The number of aryl methyl sites for hydroxylation is 1. The maximum Gasteiger partial charge on any atom is 0.273 e. The zero-order valence-corrected chi connectivity index (χ0v) is 14.1. The molecule has 23 heavy (non-hydrogen) atoms. The minimum Gasteiger partial charge on any atom is -0.347 e. The van der Waals surface area contributed by atoms with Crippen LogP contribution in [0.5, 0.6) is 0 Å². The van der Waals surface area contributed by atoms with Gasteiger partial charge in [0.05, 0.1) is 11.9 Å². The van der Waals surface area contributed by atoms with E-state index in [-0.39, 0.29) is 11.6 Å². The maximum absolute atomic E-state index is 12.2. The molecule has 0 aliphatic carbocycles. The second-order valence-electron chi connectivity index (χ2n) is 5.20. The van der Waals surface area contributed by atoms with E-state index in [1.54, 1.807) is 10.9 Å². The lowest BCUT2D eigenvalue weighted by atomic mass is 10.1. The van der Waals surface area contributed by atoms with E-state index < -0.39 is 0 Å². The van der Waals surface area contributed by atoms with Crippen molar-refractivity contribution in [3.63, 3.8) is 0 Å². The molecule has 1 aromatic heterocycles. The third kappa shape index (κ3) is 3.84. The summed E-state index contributed by atoms with van der Waals surface area (Å²) in [5, 5.41) is 10.8. The van der Waals surface area contributed by atoms with Gasteiger partial charge in [-0.2, -0.15) is 0 Å². The predicted molar refractivity (Wildman–Crippen MR) is 91.4 cm³/mol. The predicted octanol–water partition coefficient (Wildman–Crippen LogP) is 3.27. The van der Waals surface area contributed by atoms with Gasteiger partial charge in [-0.15, -0.1) is 5.10 Å². The highest BCUT2D eigenvalue weighted by atomic mass is 79.9. The lowest BCUT2D eigenvalue weighted by Gasteiger charge is -2.03. The van der Waals surface area contributed by atoms with Crippen molar-refractivity contribution < 1.29 is 4.79 Å². The van der Waals surface area contributed by atoms with Crippen LogP contribution in [0.15, 0.2) is 59.2 Å². The highest BCUT2D eigenvalue weighted by Crippen LogP contribution is 2.14. The molecule has 0 bridgehead atoms. The first-order valence-electron chi connectivity index (χ1n) is 7.14. The van der Waals surface area contributed by atoms with Gasteiger partial charge in [-0.1, -0.05) is 57.0 Å². The van der Waals surface area contributed by atoms with Gasteiger partial charge in [0.15, 0.2) is 5.69 Å². The highest BCUT2D eigenvalue weighted by molar-refractivity contribution is 9.10. The number of carbonyl (C=O) groups excluding carboxylic acids is 1. The largest absolute Gasteiger partial charge is 0.347 e. The molecule has 0 fully saturated rings. The number of nitrogens with zero attached hydrogens (tertiary/aromatic N) is 3. The van der Waals surface area contributed by atoms with Crippen molar-refractivity contribution in [2.45, 2.75) is 13.5 Å². The Balaban J connectivity index is 1.67. The fourth-order valence-electron chi connectivity index (χ4n) is 2.09. The minimum absolute atomic E-state index is 0.244. The number of halogens is 1. The SMILES string of the molecule is Cc1ccc(CNC(=O)c2cn(-c3cccc(Br)c3)nn2)cc1. The van der Waals surface area contributed by atoms with Crippen LogP contribution < -0.4 is 5.32 Å². The first-order valence-corrected chi connectivity index (χ1v) is 7.93. The molecule has 0 atom stereocenters. The third-order valence-corrected chi connectivity index (χ3v) is 3.87. The number of hydrogen-bond acceptors (Lipinski definition) is 3. The molecule has 0 saturated carbocycles. The van der Waals surface area contributed by atoms with Crippen LogP contribution in [0.25, 0.3) is 5.69 Å². The van der Waals surface area contributed by atoms with Gasteiger partial charge in [0.1, 0.15) is 0 Å². The quantitative estimate of drug-likeness (QED) is 0.766. The molecule has 0 radical (unpaired) electrons.